The lowest BCUT2D eigenvalue weighted by molar-refractivity contribution is -0.127. The van der Waals surface area contributed by atoms with Crippen molar-refractivity contribution < 1.29 is 9.53 Å². The maximum absolute atomic E-state index is 13.1. The first kappa shape index (κ1) is 21.4. The zero-order valence-corrected chi connectivity index (χ0v) is 18.9. The lowest BCUT2D eigenvalue weighted by Crippen LogP contribution is -2.49. The minimum Gasteiger partial charge on any atom is -0.497 e. The number of ether oxygens (including phenoxy) is 1. The minimum absolute atomic E-state index is 0.224. The molecule has 1 fully saturated rings. The van der Waals surface area contributed by atoms with Gasteiger partial charge in [0.25, 0.3) is 0 Å². The second-order valence-corrected chi connectivity index (χ2v) is 8.56. The van der Waals surface area contributed by atoms with Gasteiger partial charge in [-0.15, -0.1) is 0 Å². The smallest absolute Gasteiger partial charge is 0.249 e. The molecule has 0 bridgehead atoms. The molecule has 164 valence electrons. The van der Waals surface area contributed by atoms with E-state index in [0.29, 0.717) is 0 Å². The highest BCUT2D eigenvalue weighted by Crippen LogP contribution is 2.25. The molecule has 4 rings (SSSR count). The summed E-state index contributed by atoms with van der Waals surface area (Å²) >= 11 is 0. The first-order chi connectivity index (χ1) is 15.0. The Balaban J connectivity index is 1.31. The van der Waals surface area contributed by atoms with Crippen LogP contribution in [0.4, 0.5) is 5.69 Å². The van der Waals surface area contributed by atoms with Crippen LogP contribution in [-0.2, 0) is 11.3 Å². The molecule has 2 aliphatic rings. The first-order valence-electron chi connectivity index (χ1n) is 11.2. The van der Waals surface area contributed by atoms with Gasteiger partial charge in [0.1, 0.15) is 5.75 Å². The first-order valence-corrected chi connectivity index (χ1v) is 11.2. The molecule has 2 aromatic carbocycles. The minimum atomic E-state index is 0.224. The average molecular weight is 420 g/mol. The molecule has 1 amide bonds. The van der Waals surface area contributed by atoms with Crippen LogP contribution >= 0.6 is 0 Å². The van der Waals surface area contributed by atoms with Gasteiger partial charge >= 0.3 is 0 Å². The van der Waals surface area contributed by atoms with Crippen molar-refractivity contribution >= 4 is 11.6 Å². The summed E-state index contributed by atoms with van der Waals surface area (Å²) in [5.41, 5.74) is 6.18. The summed E-state index contributed by atoms with van der Waals surface area (Å²) in [5, 5.41) is 0. The molecule has 0 spiro atoms. The molecule has 5 nitrogen and oxygen atoms in total. The number of carbonyl (C=O) groups is 1. The summed E-state index contributed by atoms with van der Waals surface area (Å²) in [4.78, 5) is 19.9. The number of benzene rings is 2. The van der Waals surface area contributed by atoms with E-state index in [1.165, 1.54) is 22.4 Å². The van der Waals surface area contributed by atoms with Crippen molar-refractivity contribution in [2.45, 2.75) is 26.8 Å². The quantitative estimate of drug-likeness (QED) is 0.739. The lowest BCUT2D eigenvalue weighted by Gasteiger charge is -2.38. The summed E-state index contributed by atoms with van der Waals surface area (Å²) in [5.74, 6) is 1.11. The van der Waals surface area contributed by atoms with E-state index in [1.807, 2.05) is 17.0 Å². The van der Waals surface area contributed by atoms with Gasteiger partial charge in [0, 0.05) is 57.1 Å². The van der Waals surface area contributed by atoms with Gasteiger partial charge in [0.15, 0.2) is 0 Å². The van der Waals surface area contributed by atoms with Gasteiger partial charge in [0.2, 0.25) is 5.91 Å². The van der Waals surface area contributed by atoms with Gasteiger partial charge in [-0.3, -0.25) is 9.69 Å². The van der Waals surface area contributed by atoms with Crippen LogP contribution in [0, 0.1) is 13.8 Å². The van der Waals surface area contributed by atoms with E-state index in [0.717, 1.165) is 63.6 Å². The van der Waals surface area contributed by atoms with E-state index in [1.54, 1.807) is 7.11 Å². The molecule has 0 aromatic heterocycles. The Morgan fingerprint density at radius 2 is 1.77 bits per heavy atom. The Morgan fingerprint density at radius 1 is 1.00 bits per heavy atom. The van der Waals surface area contributed by atoms with Crippen LogP contribution in [0.5, 0.6) is 5.75 Å². The lowest BCUT2D eigenvalue weighted by atomic mass is 10.0. The Labute approximate surface area is 185 Å². The maximum Gasteiger partial charge on any atom is 0.249 e. The molecule has 0 aliphatic carbocycles. The van der Waals surface area contributed by atoms with Crippen molar-refractivity contribution in [2.24, 2.45) is 0 Å². The van der Waals surface area contributed by atoms with Crippen LogP contribution in [0.15, 0.2) is 54.1 Å². The van der Waals surface area contributed by atoms with E-state index < -0.39 is 0 Å². The maximum atomic E-state index is 13.1. The second kappa shape index (κ2) is 9.56. The summed E-state index contributed by atoms with van der Waals surface area (Å²) in [7, 11) is 1.70. The van der Waals surface area contributed by atoms with Gasteiger partial charge in [-0.25, -0.2) is 0 Å². The molecular weight excluding hydrogens is 386 g/mol. The number of rotatable bonds is 5. The summed E-state index contributed by atoms with van der Waals surface area (Å²) in [6, 6.07) is 14.7. The number of methoxy groups -OCH3 is 1. The Morgan fingerprint density at radius 3 is 2.48 bits per heavy atom. The molecule has 2 aliphatic heterocycles. The van der Waals surface area contributed by atoms with E-state index in [9.17, 15) is 4.79 Å². The fraction of sp³-hybridized carbons (Fsp3) is 0.423. The highest BCUT2D eigenvalue weighted by Gasteiger charge is 2.26. The predicted molar refractivity (Wildman–Crippen MR) is 126 cm³/mol. The molecule has 31 heavy (non-hydrogen) atoms. The molecule has 0 saturated carbocycles. The monoisotopic (exact) mass is 419 g/mol. The number of piperazine rings is 1. The van der Waals surface area contributed by atoms with Crippen molar-refractivity contribution in [3.05, 3.63) is 70.8 Å². The highest BCUT2D eigenvalue weighted by atomic mass is 16.5. The zero-order chi connectivity index (χ0) is 21.8. The molecule has 0 N–H and O–H groups in total. The van der Waals surface area contributed by atoms with Gasteiger partial charge in [-0.1, -0.05) is 30.3 Å². The van der Waals surface area contributed by atoms with Crippen molar-refractivity contribution in [3.63, 3.8) is 0 Å². The average Bonchev–Trinajstić information content (AvgIpc) is 2.81. The number of hydrogen-bond acceptors (Lipinski definition) is 4. The zero-order valence-electron chi connectivity index (χ0n) is 18.9. The van der Waals surface area contributed by atoms with Crippen molar-refractivity contribution in [1.82, 2.24) is 9.80 Å². The molecular formula is C26H33N3O2. The van der Waals surface area contributed by atoms with Crippen LogP contribution in [0.1, 0.15) is 23.1 Å². The van der Waals surface area contributed by atoms with E-state index >= 15 is 0 Å². The van der Waals surface area contributed by atoms with Gasteiger partial charge in [-0.05, 0) is 55.2 Å². The van der Waals surface area contributed by atoms with E-state index in [-0.39, 0.29) is 5.91 Å². The third-order valence-corrected chi connectivity index (χ3v) is 6.59. The van der Waals surface area contributed by atoms with Crippen LogP contribution in [-0.4, -0.2) is 62.1 Å². The number of hydrogen-bond donors (Lipinski definition) is 0. The van der Waals surface area contributed by atoms with Gasteiger partial charge in [0.05, 0.1) is 7.11 Å². The van der Waals surface area contributed by atoms with Crippen molar-refractivity contribution in [2.75, 3.05) is 51.3 Å². The summed E-state index contributed by atoms with van der Waals surface area (Å²) in [6.45, 7) is 10.3. The predicted octanol–water partition coefficient (Wildman–Crippen LogP) is 3.79. The SMILES string of the molecule is COc1cccc(CN2CC=C(C(=O)N3CCN(c4cccc(C)c4C)CC3)CC2)c1. The number of amides is 1. The van der Waals surface area contributed by atoms with Crippen LogP contribution in [0.25, 0.3) is 0 Å². The standard InChI is InChI=1S/C26H33N3O2/c1-20-6-4-9-25(21(20)2)28-14-16-29(17-15-28)26(30)23-10-12-27(13-11-23)19-22-7-5-8-24(18-22)31-3/h4-10,18H,11-17,19H2,1-3H3. The normalized spacial score (nSPS) is 17.5. The third-order valence-electron chi connectivity index (χ3n) is 6.59. The molecule has 1 saturated heterocycles. The second-order valence-electron chi connectivity index (χ2n) is 8.56. The fourth-order valence-corrected chi connectivity index (χ4v) is 4.51. The van der Waals surface area contributed by atoms with E-state index in [2.05, 4.69) is 60.1 Å². The van der Waals surface area contributed by atoms with Crippen LogP contribution < -0.4 is 9.64 Å². The molecule has 5 heteroatoms. The van der Waals surface area contributed by atoms with Crippen LogP contribution in [0.3, 0.4) is 0 Å². The van der Waals surface area contributed by atoms with E-state index in [4.69, 9.17) is 4.74 Å². The number of carbonyl (C=O) groups excluding carboxylic acids is 1. The summed E-state index contributed by atoms with van der Waals surface area (Å²) in [6.07, 6.45) is 2.95. The summed E-state index contributed by atoms with van der Waals surface area (Å²) < 4.78 is 5.32. The number of nitrogens with zero attached hydrogens (tertiary/aromatic N) is 3. The van der Waals surface area contributed by atoms with Crippen molar-refractivity contribution in [3.8, 4) is 5.75 Å². The number of aryl methyl sites for hydroxylation is 1. The molecule has 2 heterocycles. The Hall–Kier alpha value is -2.79. The molecule has 0 atom stereocenters. The van der Waals surface area contributed by atoms with Gasteiger partial charge in [-0.2, -0.15) is 0 Å². The molecule has 2 aromatic rings. The highest BCUT2D eigenvalue weighted by molar-refractivity contribution is 5.93. The Kier molecular flexibility index (Phi) is 6.62. The van der Waals surface area contributed by atoms with Crippen LogP contribution in [0.2, 0.25) is 0 Å². The third kappa shape index (κ3) is 4.93. The molecule has 0 unspecified atom stereocenters. The largest absolute Gasteiger partial charge is 0.497 e. The van der Waals surface area contributed by atoms with Crippen molar-refractivity contribution in [1.29, 1.82) is 0 Å². The Bertz CT molecular complexity index is 961. The van der Waals surface area contributed by atoms with Gasteiger partial charge < -0.3 is 14.5 Å². The number of anilines is 1. The topological polar surface area (TPSA) is 36.0 Å². The fourth-order valence-electron chi connectivity index (χ4n) is 4.51. The molecule has 0 radical (unpaired) electrons.